The number of hydrogen-bond donors (Lipinski definition) is 1. The van der Waals surface area contributed by atoms with Crippen LogP contribution in [-0.4, -0.2) is 26.8 Å². The van der Waals surface area contributed by atoms with Crippen LogP contribution in [0.5, 0.6) is 0 Å². The van der Waals surface area contributed by atoms with Gasteiger partial charge in [-0.05, 0) is 62.1 Å². The zero-order valence-corrected chi connectivity index (χ0v) is 20.2. The molecule has 0 radical (unpaired) electrons. The molecule has 6 nitrogen and oxygen atoms in total. The van der Waals surface area contributed by atoms with Crippen molar-refractivity contribution in [3.05, 3.63) is 62.9 Å². The molecule has 0 bridgehead atoms. The van der Waals surface area contributed by atoms with Gasteiger partial charge in [-0.1, -0.05) is 54.8 Å². The molecule has 1 amide bonds. The summed E-state index contributed by atoms with van der Waals surface area (Å²) in [6, 6.07) is 13.1. The predicted molar refractivity (Wildman–Crippen MR) is 132 cm³/mol. The van der Waals surface area contributed by atoms with Crippen LogP contribution in [0.2, 0.25) is 5.02 Å². The minimum absolute atomic E-state index is 0.0484. The summed E-state index contributed by atoms with van der Waals surface area (Å²) in [6.45, 7) is 3.95. The molecular formula is C25H25ClN4O2S. The van der Waals surface area contributed by atoms with Gasteiger partial charge in [-0.2, -0.15) is 5.26 Å². The molecule has 4 rings (SSSR count). The van der Waals surface area contributed by atoms with Crippen LogP contribution in [0.1, 0.15) is 43.2 Å². The van der Waals surface area contributed by atoms with Gasteiger partial charge in [0.25, 0.3) is 5.56 Å². The zero-order valence-electron chi connectivity index (χ0n) is 18.7. The first kappa shape index (κ1) is 23.3. The quantitative estimate of drug-likeness (QED) is 0.406. The van der Waals surface area contributed by atoms with Gasteiger partial charge in [-0.25, -0.2) is 4.98 Å². The van der Waals surface area contributed by atoms with Crippen molar-refractivity contribution in [1.29, 1.82) is 5.26 Å². The molecule has 0 aliphatic heterocycles. The Hall–Kier alpha value is -2.82. The standard InChI is InChI=1S/C25H25ClN4O2S/c1-16-7-6-8-21(17(16)2)30-23(32)19-10-9-18(26)13-20(19)28-24(30)33-14-22(31)29-25(15-27)11-4-3-5-12-25/h6-10,13H,3-5,11-12,14H2,1-2H3,(H,29,31). The smallest absolute Gasteiger partial charge is 0.266 e. The Morgan fingerprint density at radius 2 is 2.00 bits per heavy atom. The number of aryl methyl sites for hydroxylation is 1. The molecule has 0 unspecified atom stereocenters. The molecule has 1 heterocycles. The van der Waals surface area contributed by atoms with Crippen molar-refractivity contribution in [2.75, 3.05) is 5.75 Å². The fourth-order valence-electron chi connectivity index (χ4n) is 4.28. The molecule has 0 saturated heterocycles. The maximum atomic E-state index is 13.5. The number of thioether (sulfide) groups is 1. The molecule has 1 saturated carbocycles. The normalized spacial score (nSPS) is 15.2. The molecular weight excluding hydrogens is 456 g/mol. The van der Waals surface area contributed by atoms with E-state index in [1.165, 1.54) is 11.8 Å². The van der Waals surface area contributed by atoms with Crippen molar-refractivity contribution in [1.82, 2.24) is 14.9 Å². The third-order valence-electron chi connectivity index (χ3n) is 6.25. The van der Waals surface area contributed by atoms with Crippen LogP contribution in [0.15, 0.2) is 46.3 Å². The Bertz CT molecular complexity index is 1320. The SMILES string of the molecule is Cc1cccc(-n2c(SCC(=O)NC3(C#N)CCCCC3)nc3cc(Cl)ccc3c2=O)c1C. The van der Waals surface area contributed by atoms with Gasteiger partial charge in [-0.3, -0.25) is 14.2 Å². The lowest BCUT2D eigenvalue weighted by molar-refractivity contribution is -0.120. The number of aromatic nitrogens is 2. The van der Waals surface area contributed by atoms with Gasteiger partial charge in [0, 0.05) is 5.02 Å². The van der Waals surface area contributed by atoms with Crippen LogP contribution in [-0.2, 0) is 4.79 Å². The monoisotopic (exact) mass is 480 g/mol. The van der Waals surface area contributed by atoms with E-state index < -0.39 is 5.54 Å². The Morgan fingerprint density at radius 3 is 2.73 bits per heavy atom. The van der Waals surface area contributed by atoms with Crippen LogP contribution in [0, 0.1) is 25.2 Å². The molecule has 2 aromatic carbocycles. The van der Waals surface area contributed by atoms with E-state index in [-0.39, 0.29) is 17.2 Å². The van der Waals surface area contributed by atoms with Crippen LogP contribution in [0.4, 0.5) is 0 Å². The van der Waals surface area contributed by atoms with E-state index in [2.05, 4.69) is 11.4 Å². The number of halogens is 1. The van der Waals surface area contributed by atoms with E-state index in [4.69, 9.17) is 16.6 Å². The lowest BCUT2D eigenvalue weighted by Gasteiger charge is -2.31. The Kier molecular flexibility index (Phi) is 6.78. The lowest BCUT2D eigenvalue weighted by atomic mass is 9.83. The van der Waals surface area contributed by atoms with Crippen molar-refractivity contribution in [2.24, 2.45) is 0 Å². The summed E-state index contributed by atoms with van der Waals surface area (Å²) in [5, 5.41) is 14.0. The van der Waals surface area contributed by atoms with E-state index in [0.717, 1.165) is 36.1 Å². The largest absolute Gasteiger partial charge is 0.337 e. The van der Waals surface area contributed by atoms with Crippen molar-refractivity contribution >= 4 is 40.2 Å². The van der Waals surface area contributed by atoms with Crippen molar-refractivity contribution in [3.8, 4) is 11.8 Å². The van der Waals surface area contributed by atoms with Gasteiger partial charge >= 0.3 is 0 Å². The highest BCUT2D eigenvalue weighted by molar-refractivity contribution is 7.99. The van der Waals surface area contributed by atoms with E-state index in [9.17, 15) is 14.9 Å². The van der Waals surface area contributed by atoms with Gasteiger partial charge in [0.05, 0.1) is 28.4 Å². The van der Waals surface area contributed by atoms with Gasteiger partial charge in [0.15, 0.2) is 5.16 Å². The van der Waals surface area contributed by atoms with Crippen LogP contribution >= 0.6 is 23.4 Å². The fraction of sp³-hybridized carbons (Fsp3) is 0.360. The topological polar surface area (TPSA) is 87.8 Å². The molecule has 0 spiro atoms. The summed E-state index contributed by atoms with van der Waals surface area (Å²) in [5.41, 5.74) is 2.22. The minimum atomic E-state index is -0.799. The highest BCUT2D eigenvalue weighted by atomic mass is 35.5. The summed E-state index contributed by atoms with van der Waals surface area (Å²) in [5.74, 6) is -0.191. The number of nitriles is 1. The Balaban J connectivity index is 1.71. The fourth-order valence-corrected chi connectivity index (χ4v) is 5.25. The maximum Gasteiger partial charge on any atom is 0.266 e. The van der Waals surface area contributed by atoms with E-state index >= 15 is 0 Å². The molecule has 3 aromatic rings. The summed E-state index contributed by atoms with van der Waals surface area (Å²) in [6.07, 6.45) is 4.28. The lowest BCUT2D eigenvalue weighted by Crippen LogP contribution is -2.49. The summed E-state index contributed by atoms with van der Waals surface area (Å²) in [7, 11) is 0. The van der Waals surface area contributed by atoms with Gasteiger partial charge in [0.2, 0.25) is 5.91 Å². The number of fused-ring (bicyclic) bond motifs is 1. The number of benzene rings is 2. The molecule has 1 aliphatic carbocycles. The number of carbonyl (C=O) groups excluding carboxylic acids is 1. The number of rotatable bonds is 5. The third-order valence-corrected chi connectivity index (χ3v) is 7.42. The van der Waals surface area contributed by atoms with Crippen molar-refractivity contribution in [3.63, 3.8) is 0 Å². The Morgan fingerprint density at radius 1 is 1.24 bits per heavy atom. The molecule has 1 fully saturated rings. The first-order valence-electron chi connectivity index (χ1n) is 11.0. The molecule has 170 valence electrons. The van der Waals surface area contributed by atoms with Crippen molar-refractivity contribution in [2.45, 2.75) is 56.6 Å². The molecule has 33 heavy (non-hydrogen) atoms. The molecule has 8 heteroatoms. The van der Waals surface area contributed by atoms with Crippen LogP contribution < -0.4 is 10.9 Å². The second-order valence-electron chi connectivity index (χ2n) is 8.51. The molecule has 1 aromatic heterocycles. The minimum Gasteiger partial charge on any atom is -0.337 e. The molecule has 1 aliphatic rings. The second kappa shape index (κ2) is 9.58. The Labute approximate surface area is 202 Å². The second-order valence-corrected chi connectivity index (χ2v) is 9.89. The summed E-state index contributed by atoms with van der Waals surface area (Å²) >= 11 is 7.33. The van der Waals surface area contributed by atoms with E-state index in [0.29, 0.717) is 33.9 Å². The first-order chi connectivity index (χ1) is 15.8. The number of nitrogens with one attached hydrogen (secondary N) is 1. The van der Waals surface area contributed by atoms with E-state index in [1.54, 1.807) is 22.8 Å². The molecule has 1 N–H and O–H groups in total. The van der Waals surface area contributed by atoms with Crippen LogP contribution in [0.25, 0.3) is 16.6 Å². The van der Waals surface area contributed by atoms with Gasteiger partial charge in [0.1, 0.15) is 5.54 Å². The van der Waals surface area contributed by atoms with Gasteiger partial charge < -0.3 is 5.32 Å². The average molecular weight is 481 g/mol. The first-order valence-corrected chi connectivity index (χ1v) is 12.3. The zero-order chi connectivity index (χ0) is 23.6. The van der Waals surface area contributed by atoms with Crippen molar-refractivity contribution < 1.29 is 4.79 Å². The number of hydrogen-bond acceptors (Lipinski definition) is 5. The predicted octanol–water partition coefficient (Wildman–Crippen LogP) is 5.09. The number of nitrogens with zero attached hydrogens (tertiary/aromatic N) is 3. The molecule has 0 atom stereocenters. The van der Waals surface area contributed by atoms with Crippen LogP contribution in [0.3, 0.4) is 0 Å². The van der Waals surface area contributed by atoms with Gasteiger partial charge in [-0.15, -0.1) is 0 Å². The summed E-state index contributed by atoms with van der Waals surface area (Å²) < 4.78 is 1.57. The maximum absolute atomic E-state index is 13.5. The van der Waals surface area contributed by atoms with E-state index in [1.807, 2.05) is 32.0 Å². The summed E-state index contributed by atoms with van der Waals surface area (Å²) in [4.78, 5) is 31.0. The highest BCUT2D eigenvalue weighted by Crippen LogP contribution is 2.29. The number of carbonyl (C=O) groups is 1. The average Bonchev–Trinajstić information content (AvgIpc) is 2.80. The number of amides is 1. The third kappa shape index (κ3) is 4.78. The highest BCUT2D eigenvalue weighted by Gasteiger charge is 2.33.